The number of nitrogens with zero attached hydrogens (tertiary/aromatic N) is 1. The molecule has 0 saturated carbocycles. The number of hydrogen-bond acceptors (Lipinski definition) is 4. The minimum atomic E-state index is -4.69. The van der Waals surface area contributed by atoms with E-state index < -0.39 is 18.2 Å². The summed E-state index contributed by atoms with van der Waals surface area (Å²) in [7, 11) is 1.75. The van der Waals surface area contributed by atoms with E-state index in [4.69, 9.17) is 28.0 Å². The summed E-state index contributed by atoms with van der Waals surface area (Å²) < 4.78 is 41.7. The van der Waals surface area contributed by atoms with Crippen molar-refractivity contribution >= 4 is 45.3 Å². The Kier molecular flexibility index (Phi) is 4.68. The third kappa shape index (κ3) is 3.20. The van der Waals surface area contributed by atoms with Crippen molar-refractivity contribution in [3.8, 4) is 0 Å². The van der Waals surface area contributed by atoms with E-state index in [2.05, 4.69) is 10.5 Å². The predicted molar refractivity (Wildman–Crippen MR) is 95.0 cm³/mol. The van der Waals surface area contributed by atoms with Crippen molar-refractivity contribution in [2.45, 2.75) is 25.1 Å². The van der Waals surface area contributed by atoms with Crippen molar-refractivity contribution < 1.29 is 18.0 Å². The quantitative estimate of drug-likeness (QED) is 0.676. The molecule has 0 aliphatic carbocycles. The number of benzene rings is 1. The minimum absolute atomic E-state index is 0.104. The molecular formula is C16H13Cl2F3N2OS. The van der Waals surface area contributed by atoms with Crippen molar-refractivity contribution in [1.82, 2.24) is 0 Å². The van der Waals surface area contributed by atoms with E-state index in [9.17, 15) is 13.2 Å². The molecule has 134 valence electrons. The molecule has 0 saturated heterocycles. The van der Waals surface area contributed by atoms with Crippen molar-refractivity contribution in [3.63, 3.8) is 0 Å². The van der Waals surface area contributed by atoms with Crippen LogP contribution in [0, 0.1) is 6.92 Å². The number of halogens is 5. The summed E-state index contributed by atoms with van der Waals surface area (Å²) in [4.78, 5) is 5.61. The summed E-state index contributed by atoms with van der Waals surface area (Å²) in [6, 6.07) is 5.57. The molecule has 1 aliphatic heterocycles. The Morgan fingerprint density at radius 2 is 1.84 bits per heavy atom. The van der Waals surface area contributed by atoms with Crippen molar-refractivity contribution in [1.29, 1.82) is 0 Å². The molecule has 0 fully saturated rings. The van der Waals surface area contributed by atoms with E-state index in [1.807, 2.05) is 6.92 Å². The molecule has 1 N–H and O–H groups in total. The van der Waals surface area contributed by atoms with E-state index >= 15 is 0 Å². The third-order valence-corrected chi connectivity index (χ3v) is 5.68. The average Bonchev–Trinajstić information content (AvgIpc) is 3.10. The summed E-state index contributed by atoms with van der Waals surface area (Å²) in [5.74, 6) is 0. The van der Waals surface area contributed by atoms with Gasteiger partial charge in [-0.05, 0) is 36.8 Å². The molecule has 1 unspecified atom stereocenters. The fourth-order valence-electron chi connectivity index (χ4n) is 2.70. The molecule has 1 aromatic carbocycles. The predicted octanol–water partition coefficient (Wildman–Crippen LogP) is 5.99. The van der Waals surface area contributed by atoms with Crippen LogP contribution in [0.25, 0.3) is 0 Å². The highest BCUT2D eigenvalue weighted by Crippen LogP contribution is 2.50. The molecule has 9 heteroatoms. The van der Waals surface area contributed by atoms with E-state index in [1.165, 1.54) is 29.5 Å². The van der Waals surface area contributed by atoms with Gasteiger partial charge in [0, 0.05) is 22.7 Å². The first-order valence-corrected chi connectivity index (χ1v) is 8.80. The van der Waals surface area contributed by atoms with Crippen LogP contribution in [0.3, 0.4) is 0 Å². The number of nitrogens with one attached hydrogen (secondary N) is 1. The van der Waals surface area contributed by atoms with Crippen LogP contribution < -0.4 is 5.32 Å². The molecule has 2 heterocycles. The molecule has 3 nitrogen and oxygen atoms in total. The number of alkyl halides is 3. The van der Waals surface area contributed by atoms with Gasteiger partial charge in [-0.3, -0.25) is 0 Å². The van der Waals surface area contributed by atoms with Gasteiger partial charge < -0.3 is 10.2 Å². The van der Waals surface area contributed by atoms with Gasteiger partial charge in [-0.25, -0.2) is 0 Å². The first kappa shape index (κ1) is 18.4. The van der Waals surface area contributed by atoms with Gasteiger partial charge in [-0.2, -0.15) is 13.2 Å². The molecule has 2 aromatic rings. The Morgan fingerprint density at radius 1 is 1.20 bits per heavy atom. The molecule has 0 spiro atoms. The van der Waals surface area contributed by atoms with Crippen molar-refractivity contribution in [2.75, 3.05) is 12.4 Å². The lowest BCUT2D eigenvalue weighted by Gasteiger charge is -2.29. The Bertz CT molecular complexity index is 830. The Labute approximate surface area is 156 Å². The van der Waals surface area contributed by atoms with Crippen molar-refractivity contribution in [3.05, 3.63) is 50.3 Å². The molecule has 25 heavy (non-hydrogen) atoms. The molecule has 1 atom stereocenters. The van der Waals surface area contributed by atoms with Crippen LogP contribution in [0.4, 0.5) is 18.2 Å². The Morgan fingerprint density at radius 3 is 2.36 bits per heavy atom. The molecule has 1 aromatic heterocycles. The maximum Gasteiger partial charge on any atom is 0.435 e. The van der Waals surface area contributed by atoms with Crippen LogP contribution >= 0.6 is 34.5 Å². The zero-order chi connectivity index (χ0) is 18.4. The highest BCUT2D eigenvalue weighted by Gasteiger charge is 2.62. The van der Waals surface area contributed by atoms with Gasteiger partial charge in [0.2, 0.25) is 0 Å². The van der Waals surface area contributed by atoms with Gasteiger partial charge in [0.05, 0.1) is 16.3 Å². The number of anilines is 1. The van der Waals surface area contributed by atoms with Crippen LogP contribution in [0.5, 0.6) is 0 Å². The zero-order valence-corrected chi connectivity index (χ0v) is 15.5. The maximum atomic E-state index is 13.9. The highest BCUT2D eigenvalue weighted by atomic mass is 35.5. The van der Waals surface area contributed by atoms with Gasteiger partial charge in [0.25, 0.3) is 5.60 Å². The van der Waals surface area contributed by atoms with Crippen molar-refractivity contribution in [2.24, 2.45) is 5.16 Å². The highest BCUT2D eigenvalue weighted by molar-refractivity contribution is 7.18. The van der Waals surface area contributed by atoms with Crippen LogP contribution in [0.15, 0.2) is 29.4 Å². The van der Waals surface area contributed by atoms with Gasteiger partial charge in [-0.15, -0.1) is 11.3 Å². The second-order valence-electron chi connectivity index (χ2n) is 5.66. The summed E-state index contributed by atoms with van der Waals surface area (Å²) in [5, 5.41) is 7.82. The first-order valence-electron chi connectivity index (χ1n) is 7.23. The topological polar surface area (TPSA) is 33.6 Å². The number of aryl methyl sites for hydroxylation is 1. The molecule has 0 radical (unpaired) electrons. The molecule has 0 bridgehead atoms. The summed E-state index contributed by atoms with van der Waals surface area (Å²) >= 11 is 13.1. The number of oxime groups is 1. The number of thiophene rings is 1. The molecular weight excluding hydrogens is 396 g/mol. The van der Waals surface area contributed by atoms with Crippen LogP contribution in [0.1, 0.15) is 22.4 Å². The number of rotatable bonds is 3. The van der Waals surface area contributed by atoms with Crippen LogP contribution in [-0.2, 0) is 10.4 Å². The van der Waals surface area contributed by atoms with Crippen LogP contribution in [0.2, 0.25) is 10.0 Å². The molecule has 3 rings (SSSR count). The van der Waals surface area contributed by atoms with Gasteiger partial charge in [-0.1, -0.05) is 28.4 Å². The lowest BCUT2D eigenvalue weighted by atomic mass is 9.88. The average molecular weight is 409 g/mol. The summed E-state index contributed by atoms with van der Waals surface area (Å²) in [5.41, 5.74) is -1.60. The normalized spacial score (nSPS) is 20.4. The smallest absolute Gasteiger partial charge is 0.380 e. The number of hydrogen-bond donors (Lipinski definition) is 1. The van der Waals surface area contributed by atoms with E-state index in [-0.39, 0.29) is 21.3 Å². The fourth-order valence-corrected chi connectivity index (χ4v) is 4.23. The maximum absolute atomic E-state index is 13.9. The van der Waals surface area contributed by atoms with E-state index in [0.29, 0.717) is 4.88 Å². The standard InChI is InChI=1S/C16H13Cl2F3N2OS/c1-8-3-13(25-14(8)22-2)12-7-15(24-23-12,16(19,20)21)9-4-10(17)6-11(18)5-9/h3-6,22H,7H2,1-2H3. The fraction of sp³-hybridized carbons (Fsp3) is 0.312. The second-order valence-corrected chi connectivity index (χ2v) is 7.59. The molecule has 1 aliphatic rings. The lowest BCUT2D eigenvalue weighted by Crippen LogP contribution is -2.42. The second kappa shape index (κ2) is 6.37. The Balaban J connectivity index is 2.03. The van der Waals surface area contributed by atoms with Gasteiger partial charge in [0.15, 0.2) is 0 Å². The largest absolute Gasteiger partial charge is 0.435 e. The first-order chi connectivity index (χ1) is 11.7. The SMILES string of the molecule is CNc1sc(C2=NOC(c3cc(Cl)cc(Cl)c3)(C(F)(F)F)C2)cc1C. The summed E-state index contributed by atoms with van der Waals surface area (Å²) in [6.45, 7) is 1.87. The monoisotopic (exact) mass is 408 g/mol. The van der Waals surface area contributed by atoms with E-state index in [0.717, 1.165) is 10.6 Å². The minimum Gasteiger partial charge on any atom is -0.380 e. The summed E-state index contributed by atoms with van der Waals surface area (Å²) in [6.07, 6.45) is -5.14. The lowest BCUT2D eigenvalue weighted by molar-refractivity contribution is -0.275. The molecule has 0 amide bonds. The Hall–Kier alpha value is -1.44. The van der Waals surface area contributed by atoms with E-state index in [1.54, 1.807) is 13.1 Å². The third-order valence-electron chi connectivity index (χ3n) is 3.94. The zero-order valence-electron chi connectivity index (χ0n) is 13.2. The van der Waals surface area contributed by atoms with Gasteiger partial charge in [0.1, 0.15) is 5.71 Å². The van der Waals surface area contributed by atoms with Gasteiger partial charge >= 0.3 is 6.18 Å². The van der Waals surface area contributed by atoms with Crippen LogP contribution in [-0.4, -0.2) is 18.9 Å².